The molecular weight excluding hydrogens is 476 g/mol. The van der Waals surface area contributed by atoms with Crippen molar-refractivity contribution < 1.29 is 69.4 Å². The summed E-state index contributed by atoms with van der Waals surface area (Å²) >= 11 is 0. The van der Waals surface area contributed by atoms with E-state index in [0.717, 1.165) is 31.4 Å². The number of rotatable bonds is 6. The summed E-state index contributed by atoms with van der Waals surface area (Å²) in [5.41, 5.74) is -0.592. The van der Waals surface area contributed by atoms with Gasteiger partial charge in [0.05, 0.1) is 18.2 Å². The van der Waals surface area contributed by atoms with Crippen LogP contribution in [0.25, 0.3) is 0 Å². The van der Waals surface area contributed by atoms with Crippen molar-refractivity contribution in [1.82, 2.24) is 0 Å². The molecular formula is C21H22O14. The molecule has 0 aromatic heterocycles. The molecule has 1 saturated heterocycles. The van der Waals surface area contributed by atoms with Gasteiger partial charge >= 0.3 is 11.9 Å². The van der Waals surface area contributed by atoms with Gasteiger partial charge in [0.25, 0.3) is 0 Å². The summed E-state index contributed by atoms with van der Waals surface area (Å²) in [7, 11) is 1.07. The van der Waals surface area contributed by atoms with Gasteiger partial charge in [0, 0.05) is 0 Å². The zero-order chi connectivity index (χ0) is 26.0. The first-order valence-electron chi connectivity index (χ1n) is 9.87. The predicted octanol–water partition coefficient (Wildman–Crippen LogP) is -0.955. The predicted molar refractivity (Wildman–Crippen MR) is 110 cm³/mol. The van der Waals surface area contributed by atoms with Crippen LogP contribution >= 0.6 is 0 Å². The van der Waals surface area contributed by atoms with Crippen molar-refractivity contribution >= 4 is 11.9 Å². The first-order valence-corrected chi connectivity index (χ1v) is 9.87. The number of hydrogen-bond donors (Lipinski definition) is 8. The maximum atomic E-state index is 12.2. The van der Waals surface area contributed by atoms with Crippen LogP contribution < -0.4 is 4.74 Å². The number of benzene rings is 2. The highest BCUT2D eigenvalue weighted by atomic mass is 16.7. The minimum absolute atomic E-state index is 0.227. The van der Waals surface area contributed by atoms with Crippen molar-refractivity contribution in [3.63, 3.8) is 0 Å². The molecule has 0 saturated carbocycles. The van der Waals surface area contributed by atoms with E-state index in [-0.39, 0.29) is 11.1 Å². The van der Waals surface area contributed by atoms with E-state index in [1.54, 1.807) is 0 Å². The molecule has 0 unspecified atom stereocenters. The molecule has 0 spiro atoms. The number of esters is 2. The van der Waals surface area contributed by atoms with Crippen LogP contribution in [-0.2, 0) is 14.2 Å². The molecule has 1 fully saturated rings. The standard InChI is InChI=1S/C21H22O14/c1-32-19(30)8-4-11(24)15(26)12(5-8)34-21-18(29)17(28)16(27)13(35-21)6-33-20(31)7-2-9(22)14(25)10(23)3-7/h2-5,13,16-18,21-29H,6H2,1H3/t13-,16+,17-,18-,21+/m0/s1. The van der Waals surface area contributed by atoms with Crippen molar-refractivity contribution in [3.8, 4) is 34.5 Å². The van der Waals surface area contributed by atoms with Crippen LogP contribution in [0.4, 0.5) is 0 Å². The Morgan fingerprint density at radius 2 is 1.34 bits per heavy atom. The van der Waals surface area contributed by atoms with E-state index < -0.39 is 83.7 Å². The average Bonchev–Trinajstić information content (AvgIpc) is 2.83. The summed E-state index contributed by atoms with van der Waals surface area (Å²) in [6.07, 6.45) is -8.80. The number of aliphatic hydroxyl groups is 3. The van der Waals surface area contributed by atoms with Crippen LogP contribution in [0.2, 0.25) is 0 Å². The third-order valence-electron chi connectivity index (χ3n) is 5.07. The molecule has 2 aromatic rings. The van der Waals surface area contributed by atoms with E-state index in [2.05, 4.69) is 4.74 Å². The molecule has 1 heterocycles. The summed E-state index contributed by atoms with van der Waals surface area (Å²) in [4.78, 5) is 24.0. The lowest BCUT2D eigenvalue weighted by Gasteiger charge is -2.39. The molecule has 1 aliphatic rings. The second-order valence-corrected chi connectivity index (χ2v) is 7.43. The van der Waals surface area contributed by atoms with Crippen molar-refractivity contribution in [2.45, 2.75) is 30.7 Å². The normalized spacial score (nSPS) is 23.9. The lowest BCUT2D eigenvalue weighted by atomic mass is 9.99. The number of methoxy groups -OCH3 is 1. The lowest BCUT2D eigenvalue weighted by molar-refractivity contribution is -0.277. The number of hydrogen-bond acceptors (Lipinski definition) is 14. The highest BCUT2D eigenvalue weighted by Gasteiger charge is 2.46. The molecule has 35 heavy (non-hydrogen) atoms. The van der Waals surface area contributed by atoms with Gasteiger partial charge in [-0.05, 0) is 24.3 Å². The molecule has 0 bridgehead atoms. The zero-order valence-corrected chi connectivity index (χ0v) is 17.9. The monoisotopic (exact) mass is 498 g/mol. The fourth-order valence-corrected chi connectivity index (χ4v) is 3.16. The van der Waals surface area contributed by atoms with Crippen molar-refractivity contribution in [3.05, 3.63) is 35.4 Å². The highest BCUT2D eigenvalue weighted by Crippen LogP contribution is 2.39. The maximum Gasteiger partial charge on any atom is 0.338 e. The van der Waals surface area contributed by atoms with Gasteiger partial charge < -0.3 is 59.8 Å². The molecule has 8 N–H and O–H groups in total. The number of phenols is 5. The Morgan fingerprint density at radius 3 is 1.91 bits per heavy atom. The fourth-order valence-electron chi connectivity index (χ4n) is 3.16. The fraction of sp³-hybridized carbons (Fsp3) is 0.333. The van der Waals surface area contributed by atoms with E-state index in [0.29, 0.717) is 0 Å². The van der Waals surface area contributed by atoms with Crippen LogP contribution in [0.1, 0.15) is 20.7 Å². The zero-order valence-electron chi connectivity index (χ0n) is 17.9. The smallest absolute Gasteiger partial charge is 0.338 e. The Bertz CT molecular complexity index is 1090. The van der Waals surface area contributed by atoms with E-state index in [1.807, 2.05) is 0 Å². The van der Waals surface area contributed by atoms with E-state index in [1.165, 1.54) is 0 Å². The Morgan fingerprint density at radius 1 is 0.800 bits per heavy atom. The molecule has 3 rings (SSSR count). The van der Waals surface area contributed by atoms with Gasteiger partial charge in [0.1, 0.15) is 31.0 Å². The van der Waals surface area contributed by atoms with E-state index in [9.17, 15) is 50.4 Å². The molecule has 2 aromatic carbocycles. The number of phenolic OH excluding ortho intramolecular Hbond substituents is 5. The molecule has 1 aliphatic heterocycles. The van der Waals surface area contributed by atoms with E-state index >= 15 is 0 Å². The van der Waals surface area contributed by atoms with Crippen molar-refractivity contribution in [1.29, 1.82) is 0 Å². The van der Waals surface area contributed by atoms with Gasteiger partial charge in [-0.15, -0.1) is 0 Å². The Balaban J connectivity index is 1.76. The molecule has 0 radical (unpaired) electrons. The number of aliphatic hydroxyl groups excluding tert-OH is 3. The molecule has 5 atom stereocenters. The van der Waals surface area contributed by atoms with Crippen molar-refractivity contribution in [2.24, 2.45) is 0 Å². The van der Waals surface area contributed by atoms with Gasteiger partial charge in [-0.3, -0.25) is 0 Å². The molecule has 0 aliphatic carbocycles. The van der Waals surface area contributed by atoms with Crippen LogP contribution in [0.3, 0.4) is 0 Å². The maximum absolute atomic E-state index is 12.2. The molecule has 190 valence electrons. The van der Waals surface area contributed by atoms with Gasteiger partial charge in [-0.2, -0.15) is 0 Å². The Labute approximate surface area is 196 Å². The first-order chi connectivity index (χ1) is 16.4. The van der Waals surface area contributed by atoms with Crippen LogP contribution in [-0.4, -0.2) is 97.2 Å². The Kier molecular flexibility index (Phi) is 7.40. The summed E-state index contributed by atoms with van der Waals surface area (Å²) < 4.78 is 20.1. The minimum Gasteiger partial charge on any atom is -0.504 e. The highest BCUT2D eigenvalue weighted by molar-refractivity contribution is 5.91. The van der Waals surface area contributed by atoms with E-state index in [4.69, 9.17) is 14.2 Å². The molecule has 14 heteroatoms. The third-order valence-corrected chi connectivity index (χ3v) is 5.07. The van der Waals surface area contributed by atoms with Crippen molar-refractivity contribution in [2.75, 3.05) is 13.7 Å². The second kappa shape index (κ2) is 10.1. The van der Waals surface area contributed by atoms with Crippen LogP contribution in [0, 0.1) is 0 Å². The second-order valence-electron chi connectivity index (χ2n) is 7.43. The van der Waals surface area contributed by atoms with Crippen LogP contribution in [0.5, 0.6) is 34.5 Å². The summed E-state index contributed by atoms with van der Waals surface area (Å²) in [6, 6.07) is 3.48. The summed E-state index contributed by atoms with van der Waals surface area (Å²) in [6.45, 7) is -0.717. The summed E-state index contributed by atoms with van der Waals surface area (Å²) in [5.74, 6) is -6.58. The van der Waals surface area contributed by atoms with Gasteiger partial charge in [-0.25, -0.2) is 9.59 Å². The summed E-state index contributed by atoms with van der Waals surface area (Å²) in [5, 5.41) is 78.9. The quantitative estimate of drug-likeness (QED) is 0.177. The number of aromatic hydroxyl groups is 5. The van der Waals surface area contributed by atoms with Gasteiger partial charge in [0.2, 0.25) is 12.0 Å². The number of ether oxygens (including phenoxy) is 4. The third kappa shape index (κ3) is 5.25. The Hall–Kier alpha value is -3.98. The molecule has 0 amide bonds. The van der Waals surface area contributed by atoms with Gasteiger partial charge in [0.15, 0.2) is 28.7 Å². The lowest BCUT2D eigenvalue weighted by Crippen LogP contribution is -2.60. The average molecular weight is 498 g/mol. The number of carbonyl (C=O) groups is 2. The SMILES string of the molecule is COC(=O)c1cc(O)c(O)c(O[C@@H]2O[C@@H](COC(=O)c3cc(O)c(O)c(O)c3)[C@@H](O)[C@H](O)[C@@H]2O)c1. The largest absolute Gasteiger partial charge is 0.504 e. The van der Waals surface area contributed by atoms with Gasteiger partial charge in [-0.1, -0.05) is 0 Å². The first kappa shape index (κ1) is 25.6. The minimum atomic E-state index is -1.88. The molecule has 14 nitrogen and oxygen atoms in total. The topological polar surface area (TPSA) is 233 Å². The number of carbonyl (C=O) groups excluding carboxylic acids is 2. The van der Waals surface area contributed by atoms with Crippen LogP contribution in [0.15, 0.2) is 24.3 Å².